The summed E-state index contributed by atoms with van der Waals surface area (Å²) in [6, 6.07) is 4.15. The Morgan fingerprint density at radius 1 is 1.05 bits per heavy atom. The molecule has 21 heavy (non-hydrogen) atoms. The fourth-order valence-corrected chi connectivity index (χ4v) is 2.63. The fourth-order valence-electron chi connectivity index (χ4n) is 2.63. The summed E-state index contributed by atoms with van der Waals surface area (Å²) in [5.74, 6) is 3.40. The summed E-state index contributed by atoms with van der Waals surface area (Å²) < 4.78 is 16.2. The average molecular weight is 293 g/mol. The predicted molar refractivity (Wildman–Crippen MR) is 84.7 cm³/mol. The minimum absolute atomic E-state index is 0.169. The summed E-state index contributed by atoms with van der Waals surface area (Å²) >= 11 is 0. The first-order valence-electron chi connectivity index (χ1n) is 7.44. The molecule has 1 saturated carbocycles. The van der Waals surface area contributed by atoms with Crippen LogP contribution in [0.4, 0.5) is 0 Å². The van der Waals surface area contributed by atoms with E-state index >= 15 is 0 Å². The zero-order valence-electron chi connectivity index (χ0n) is 13.9. The van der Waals surface area contributed by atoms with Crippen LogP contribution in [0.2, 0.25) is 0 Å². The summed E-state index contributed by atoms with van der Waals surface area (Å²) in [7, 11) is 4.95. The van der Waals surface area contributed by atoms with Crippen molar-refractivity contribution in [3.8, 4) is 17.2 Å². The van der Waals surface area contributed by atoms with Crippen LogP contribution in [-0.4, -0.2) is 33.4 Å². The van der Waals surface area contributed by atoms with Gasteiger partial charge in [0, 0.05) is 5.54 Å². The van der Waals surface area contributed by atoms with Crippen LogP contribution < -0.4 is 19.5 Å². The van der Waals surface area contributed by atoms with Gasteiger partial charge in [-0.25, -0.2) is 0 Å². The van der Waals surface area contributed by atoms with Gasteiger partial charge in [-0.1, -0.05) is 0 Å². The molecule has 1 aliphatic rings. The molecule has 4 heteroatoms. The molecule has 1 aromatic rings. The molecule has 2 rings (SSSR count). The van der Waals surface area contributed by atoms with Gasteiger partial charge < -0.3 is 19.5 Å². The van der Waals surface area contributed by atoms with Gasteiger partial charge in [0.25, 0.3) is 0 Å². The van der Waals surface area contributed by atoms with E-state index in [4.69, 9.17) is 14.2 Å². The SMILES string of the molecule is COc1cc(C2CC2CNC(C)(C)C)cc(OC)c1OC. The number of hydrogen-bond donors (Lipinski definition) is 1. The predicted octanol–water partition coefficient (Wildman–Crippen LogP) is 3.20. The van der Waals surface area contributed by atoms with E-state index in [9.17, 15) is 0 Å². The molecule has 0 heterocycles. The topological polar surface area (TPSA) is 39.7 Å². The van der Waals surface area contributed by atoms with Gasteiger partial charge in [-0.2, -0.15) is 0 Å². The maximum atomic E-state index is 5.43. The van der Waals surface area contributed by atoms with Crippen molar-refractivity contribution >= 4 is 0 Å². The summed E-state index contributed by atoms with van der Waals surface area (Å²) in [5.41, 5.74) is 1.44. The zero-order valence-corrected chi connectivity index (χ0v) is 13.9. The highest BCUT2D eigenvalue weighted by molar-refractivity contribution is 5.55. The highest BCUT2D eigenvalue weighted by atomic mass is 16.5. The van der Waals surface area contributed by atoms with Crippen molar-refractivity contribution in [1.29, 1.82) is 0 Å². The summed E-state index contributed by atoms with van der Waals surface area (Å²) in [6.07, 6.45) is 1.21. The fraction of sp³-hybridized carbons (Fsp3) is 0.647. The molecule has 1 N–H and O–H groups in total. The highest BCUT2D eigenvalue weighted by Gasteiger charge is 2.39. The zero-order chi connectivity index (χ0) is 15.6. The van der Waals surface area contributed by atoms with Crippen LogP contribution in [0.3, 0.4) is 0 Å². The van der Waals surface area contributed by atoms with E-state index in [1.54, 1.807) is 21.3 Å². The van der Waals surface area contributed by atoms with Gasteiger partial charge in [-0.15, -0.1) is 0 Å². The van der Waals surface area contributed by atoms with E-state index < -0.39 is 0 Å². The molecule has 118 valence electrons. The Hall–Kier alpha value is -1.42. The lowest BCUT2D eigenvalue weighted by atomic mass is 10.1. The second-order valence-corrected chi connectivity index (χ2v) is 6.69. The maximum absolute atomic E-state index is 5.43. The molecule has 0 aliphatic heterocycles. The lowest BCUT2D eigenvalue weighted by Crippen LogP contribution is -2.37. The molecule has 1 aliphatic carbocycles. The smallest absolute Gasteiger partial charge is 0.203 e. The first-order valence-corrected chi connectivity index (χ1v) is 7.44. The molecule has 4 nitrogen and oxygen atoms in total. The van der Waals surface area contributed by atoms with Crippen LogP contribution in [0.15, 0.2) is 12.1 Å². The van der Waals surface area contributed by atoms with Crippen LogP contribution >= 0.6 is 0 Å². The van der Waals surface area contributed by atoms with Gasteiger partial charge in [0.15, 0.2) is 11.5 Å². The number of hydrogen-bond acceptors (Lipinski definition) is 4. The van der Waals surface area contributed by atoms with Crippen molar-refractivity contribution in [2.45, 2.75) is 38.6 Å². The summed E-state index contributed by atoms with van der Waals surface area (Å²) in [4.78, 5) is 0. The minimum atomic E-state index is 0.169. The Labute approximate surface area is 127 Å². The van der Waals surface area contributed by atoms with Crippen molar-refractivity contribution in [2.75, 3.05) is 27.9 Å². The van der Waals surface area contributed by atoms with Crippen molar-refractivity contribution in [3.63, 3.8) is 0 Å². The summed E-state index contributed by atoms with van der Waals surface area (Å²) in [5, 5.41) is 3.58. The second kappa shape index (κ2) is 6.14. The van der Waals surface area contributed by atoms with Crippen LogP contribution in [0.1, 0.15) is 38.7 Å². The van der Waals surface area contributed by atoms with Gasteiger partial charge in [0.2, 0.25) is 5.75 Å². The van der Waals surface area contributed by atoms with E-state index in [0.717, 1.165) is 18.0 Å². The Morgan fingerprint density at radius 3 is 2.05 bits per heavy atom. The quantitative estimate of drug-likeness (QED) is 0.874. The number of rotatable bonds is 6. The molecule has 0 saturated heterocycles. The number of methoxy groups -OCH3 is 3. The third-order valence-corrected chi connectivity index (χ3v) is 3.93. The van der Waals surface area contributed by atoms with Gasteiger partial charge in [-0.3, -0.25) is 0 Å². The molecule has 0 radical (unpaired) electrons. The second-order valence-electron chi connectivity index (χ2n) is 6.69. The normalized spacial score (nSPS) is 21.0. The van der Waals surface area contributed by atoms with Gasteiger partial charge in [-0.05, 0) is 63.3 Å². The van der Waals surface area contributed by atoms with Crippen LogP contribution in [0, 0.1) is 5.92 Å². The minimum Gasteiger partial charge on any atom is -0.493 e. The van der Waals surface area contributed by atoms with E-state index in [1.807, 2.05) is 0 Å². The van der Waals surface area contributed by atoms with E-state index in [-0.39, 0.29) is 5.54 Å². The van der Waals surface area contributed by atoms with Gasteiger partial charge >= 0.3 is 0 Å². The van der Waals surface area contributed by atoms with E-state index in [0.29, 0.717) is 17.6 Å². The monoisotopic (exact) mass is 293 g/mol. The standard InChI is InChI=1S/C17H27NO3/c1-17(2,3)18-10-12-7-13(12)11-8-14(19-4)16(21-6)15(9-11)20-5/h8-9,12-13,18H,7,10H2,1-6H3. The highest BCUT2D eigenvalue weighted by Crippen LogP contribution is 2.51. The number of ether oxygens (including phenoxy) is 3. The Kier molecular flexibility index (Phi) is 4.67. The summed E-state index contributed by atoms with van der Waals surface area (Å²) in [6.45, 7) is 7.64. The lowest BCUT2D eigenvalue weighted by Gasteiger charge is -2.20. The third kappa shape index (κ3) is 3.82. The van der Waals surface area contributed by atoms with E-state index in [1.165, 1.54) is 12.0 Å². The largest absolute Gasteiger partial charge is 0.493 e. The van der Waals surface area contributed by atoms with Crippen LogP contribution in [0.5, 0.6) is 17.2 Å². The van der Waals surface area contributed by atoms with Crippen molar-refractivity contribution in [2.24, 2.45) is 5.92 Å². The van der Waals surface area contributed by atoms with Crippen molar-refractivity contribution in [1.82, 2.24) is 5.32 Å². The Bertz CT molecular complexity index is 468. The van der Waals surface area contributed by atoms with Crippen LogP contribution in [-0.2, 0) is 0 Å². The lowest BCUT2D eigenvalue weighted by molar-refractivity contribution is 0.323. The molecule has 0 aromatic heterocycles. The third-order valence-electron chi connectivity index (χ3n) is 3.93. The first-order chi connectivity index (χ1) is 9.89. The van der Waals surface area contributed by atoms with Crippen molar-refractivity contribution < 1.29 is 14.2 Å². The Balaban J connectivity index is 2.11. The average Bonchev–Trinajstić information content (AvgIpc) is 3.22. The molecule has 1 aromatic carbocycles. The Morgan fingerprint density at radius 2 is 1.62 bits per heavy atom. The molecule has 2 unspecified atom stereocenters. The van der Waals surface area contributed by atoms with E-state index in [2.05, 4.69) is 38.2 Å². The molecule has 0 bridgehead atoms. The molecule has 0 spiro atoms. The molecule has 1 fully saturated rings. The number of nitrogens with one attached hydrogen (secondary N) is 1. The first kappa shape index (κ1) is 16.0. The van der Waals surface area contributed by atoms with Crippen LogP contribution in [0.25, 0.3) is 0 Å². The molecule has 0 amide bonds. The number of benzene rings is 1. The molecular formula is C17H27NO3. The van der Waals surface area contributed by atoms with Gasteiger partial charge in [0.05, 0.1) is 21.3 Å². The van der Waals surface area contributed by atoms with Crippen molar-refractivity contribution in [3.05, 3.63) is 17.7 Å². The van der Waals surface area contributed by atoms with Gasteiger partial charge in [0.1, 0.15) is 0 Å². The maximum Gasteiger partial charge on any atom is 0.203 e. The molecular weight excluding hydrogens is 266 g/mol. The molecule has 2 atom stereocenters.